The molecule has 2 aliphatic heterocycles. The summed E-state index contributed by atoms with van der Waals surface area (Å²) in [5.41, 5.74) is 1.75. The van der Waals surface area contributed by atoms with E-state index in [-0.39, 0.29) is 24.1 Å². The highest BCUT2D eigenvalue weighted by Gasteiger charge is 2.28. The molecule has 0 saturated carbocycles. The molecule has 1 fully saturated rings. The van der Waals surface area contributed by atoms with Crippen LogP contribution in [-0.2, 0) is 13.1 Å². The minimum Gasteiger partial charge on any atom is -0.486 e. The molecule has 2 N–H and O–H groups in total. The third kappa shape index (κ3) is 5.31. The van der Waals surface area contributed by atoms with Crippen LogP contribution in [0.25, 0.3) is 10.9 Å². The first-order valence-electron chi connectivity index (χ1n) is 12.9. The number of benzene rings is 2. The van der Waals surface area contributed by atoms with Crippen LogP contribution in [0.3, 0.4) is 0 Å². The van der Waals surface area contributed by atoms with Crippen LogP contribution in [-0.4, -0.2) is 77.4 Å². The van der Waals surface area contributed by atoms with Gasteiger partial charge in [0.15, 0.2) is 11.5 Å². The summed E-state index contributed by atoms with van der Waals surface area (Å²) < 4.78 is 12.9. The van der Waals surface area contributed by atoms with E-state index in [9.17, 15) is 19.5 Å². The highest BCUT2D eigenvalue weighted by atomic mass is 16.6. The Labute approximate surface area is 220 Å². The van der Waals surface area contributed by atoms with E-state index in [2.05, 4.69) is 10.2 Å². The molecule has 1 saturated heterocycles. The summed E-state index contributed by atoms with van der Waals surface area (Å²) in [6.07, 6.45) is 0.483. The highest BCUT2D eigenvalue weighted by Crippen LogP contribution is 2.31. The fraction of sp³-hybridized carbons (Fsp3) is 0.393. The van der Waals surface area contributed by atoms with Gasteiger partial charge in [0.2, 0.25) is 0 Å². The molecule has 10 heteroatoms. The first-order chi connectivity index (χ1) is 18.4. The molecule has 3 aromatic rings. The molecule has 200 valence electrons. The number of amides is 2. The highest BCUT2D eigenvalue weighted by molar-refractivity contribution is 6.06. The number of ether oxygens (including phenoxy) is 2. The topological polar surface area (TPSA) is 113 Å². The molecular weight excluding hydrogens is 488 g/mol. The predicted octanol–water partition coefficient (Wildman–Crippen LogP) is 2.78. The minimum atomic E-state index is -0.937. The number of rotatable bonds is 7. The van der Waals surface area contributed by atoms with Crippen LogP contribution in [0.1, 0.15) is 28.8 Å². The zero-order valence-electron chi connectivity index (χ0n) is 21.4. The van der Waals surface area contributed by atoms with Crippen LogP contribution in [0.2, 0.25) is 0 Å². The molecule has 2 aromatic carbocycles. The number of carbonyl (C=O) groups excluding carboxylic acids is 1. The maximum atomic E-state index is 12.9. The van der Waals surface area contributed by atoms with Gasteiger partial charge in [-0.3, -0.25) is 9.59 Å². The van der Waals surface area contributed by atoms with E-state index in [0.29, 0.717) is 56.2 Å². The van der Waals surface area contributed by atoms with Gasteiger partial charge in [-0.1, -0.05) is 24.3 Å². The summed E-state index contributed by atoms with van der Waals surface area (Å²) in [7, 11) is 1.55. The maximum Gasteiger partial charge on any atom is 0.407 e. The Balaban J connectivity index is 1.22. The lowest BCUT2D eigenvalue weighted by molar-refractivity contribution is 0.0855. The van der Waals surface area contributed by atoms with E-state index >= 15 is 0 Å². The Bertz CT molecular complexity index is 1400. The van der Waals surface area contributed by atoms with Crippen molar-refractivity contribution in [2.75, 3.05) is 39.9 Å². The Morgan fingerprint density at radius 3 is 2.50 bits per heavy atom. The van der Waals surface area contributed by atoms with Crippen LogP contribution in [0, 0.1) is 0 Å². The zero-order chi connectivity index (χ0) is 26.6. The summed E-state index contributed by atoms with van der Waals surface area (Å²) in [4.78, 5) is 41.1. The molecular formula is C28H32N4O6. The summed E-state index contributed by atoms with van der Waals surface area (Å²) in [5, 5.41) is 13.3. The van der Waals surface area contributed by atoms with E-state index in [1.54, 1.807) is 11.6 Å². The van der Waals surface area contributed by atoms with Gasteiger partial charge in [-0.2, -0.15) is 0 Å². The van der Waals surface area contributed by atoms with E-state index in [1.165, 1.54) is 11.0 Å². The number of nitrogens with one attached hydrogen (secondary N) is 1. The van der Waals surface area contributed by atoms with E-state index in [4.69, 9.17) is 9.47 Å². The number of carboxylic acid groups (broad SMARTS) is 1. The van der Waals surface area contributed by atoms with E-state index < -0.39 is 6.09 Å². The fourth-order valence-electron chi connectivity index (χ4n) is 5.32. The molecule has 1 aromatic heterocycles. The second-order valence-electron chi connectivity index (χ2n) is 9.61. The molecule has 3 heterocycles. The lowest BCUT2D eigenvalue weighted by Gasteiger charge is -2.37. The monoisotopic (exact) mass is 520 g/mol. The standard InChI is InChI=1S/C28H32N4O6/c1-29-27(34)22-17-26(33)31(23-5-3-2-4-21(22)23)13-12-30-10-8-20(9-11-30)32(28(35)36)18-19-6-7-24-25(16-19)38-15-14-37-24/h2-7,16-17,20H,8-15,18H2,1H3,(H,29,34)(H,35,36). The zero-order valence-corrected chi connectivity index (χ0v) is 21.4. The van der Waals surface area contributed by atoms with Gasteiger partial charge in [0.05, 0.1) is 11.1 Å². The number of para-hydroxylation sites is 1. The third-order valence-corrected chi connectivity index (χ3v) is 7.33. The van der Waals surface area contributed by atoms with Gasteiger partial charge in [0.25, 0.3) is 11.5 Å². The van der Waals surface area contributed by atoms with Crippen molar-refractivity contribution < 1.29 is 24.2 Å². The van der Waals surface area contributed by atoms with Crippen LogP contribution in [0.5, 0.6) is 11.5 Å². The average molecular weight is 521 g/mol. The van der Waals surface area contributed by atoms with Crippen molar-refractivity contribution in [3.8, 4) is 11.5 Å². The smallest absolute Gasteiger partial charge is 0.407 e. The van der Waals surface area contributed by atoms with Crippen molar-refractivity contribution >= 4 is 22.9 Å². The predicted molar refractivity (Wildman–Crippen MR) is 142 cm³/mol. The van der Waals surface area contributed by atoms with E-state index in [0.717, 1.165) is 29.6 Å². The number of likely N-dealkylation sites (tertiary alicyclic amines) is 1. The number of piperidine rings is 1. The van der Waals surface area contributed by atoms with Crippen LogP contribution in [0.15, 0.2) is 53.3 Å². The first-order valence-corrected chi connectivity index (χ1v) is 12.9. The Kier molecular flexibility index (Phi) is 7.50. The number of pyridine rings is 1. The molecule has 0 atom stereocenters. The molecule has 0 aliphatic carbocycles. The van der Waals surface area contributed by atoms with Crippen molar-refractivity contribution in [2.45, 2.75) is 32.0 Å². The molecule has 5 rings (SSSR count). The number of carbonyl (C=O) groups is 2. The fourth-order valence-corrected chi connectivity index (χ4v) is 5.32. The maximum absolute atomic E-state index is 12.9. The Morgan fingerprint density at radius 1 is 1.03 bits per heavy atom. The van der Waals surface area contributed by atoms with Gasteiger partial charge in [0, 0.05) is 57.3 Å². The molecule has 2 aliphatic rings. The van der Waals surface area contributed by atoms with Gasteiger partial charge < -0.3 is 34.3 Å². The number of hydrogen-bond acceptors (Lipinski definition) is 6. The second-order valence-corrected chi connectivity index (χ2v) is 9.61. The normalized spacial score (nSPS) is 15.8. The van der Waals surface area contributed by atoms with Gasteiger partial charge in [-0.15, -0.1) is 0 Å². The molecule has 38 heavy (non-hydrogen) atoms. The SMILES string of the molecule is CNC(=O)c1cc(=O)n(CCN2CCC(N(Cc3ccc4c(c3)OCCO4)C(=O)O)CC2)c2ccccc12. The minimum absolute atomic E-state index is 0.0904. The van der Waals surface area contributed by atoms with Crippen LogP contribution in [0.4, 0.5) is 4.79 Å². The van der Waals surface area contributed by atoms with Crippen LogP contribution >= 0.6 is 0 Å². The molecule has 0 bridgehead atoms. The quantitative estimate of drug-likeness (QED) is 0.493. The molecule has 0 spiro atoms. The average Bonchev–Trinajstić information content (AvgIpc) is 2.94. The van der Waals surface area contributed by atoms with Crippen molar-refractivity contribution in [1.82, 2.24) is 19.7 Å². The number of nitrogens with zero attached hydrogens (tertiary/aromatic N) is 3. The molecule has 0 unspecified atom stereocenters. The van der Waals surface area contributed by atoms with Gasteiger partial charge in [-0.05, 0) is 36.6 Å². The molecule has 2 amide bonds. The Hall–Kier alpha value is -4.05. The van der Waals surface area contributed by atoms with Crippen molar-refractivity contribution in [3.05, 3.63) is 70.0 Å². The summed E-state index contributed by atoms with van der Waals surface area (Å²) in [5.74, 6) is 1.05. The third-order valence-electron chi connectivity index (χ3n) is 7.33. The molecule has 10 nitrogen and oxygen atoms in total. The largest absolute Gasteiger partial charge is 0.486 e. The van der Waals surface area contributed by atoms with Gasteiger partial charge in [-0.25, -0.2) is 4.79 Å². The number of fused-ring (bicyclic) bond motifs is 2. The first kappa shape index (κ1) is 25.6. The van der Waals surface area contributed by atoms with Gasteiger partial charge in [0.1, 0.15) is 13.2 Å². The summed E-state index contributed by atoms with van der Waals surface area (Å²) in [6.45, 7) is 3.89. The van der Waals surface area contributed by atoms with Crippen molar-refractivity contribution in [2.24, 2.45) is 0 Å². The van der Waals surface area contributed by atoms with E-state index in [1.807, 2.05) is 42.5 Å². The van der Waals surface area contributed by atoms with Crippen molar-refractivity contribution in [3.63, 3.8) is 0 Å². The van der Waals surface area contributed by atoms with Crippen LogP contribution < -0.4 is 20.3 Å². The summed E-state index contributed by atoms with van der Waals surface area (Å²) in [6, 6.07) is 14.3. The van der Waals surface area contributed by atoms with Crippen molar-refractivity contribution in [1.29, 1.82) is 0 Å². The van der Waals surface area contributed by atoms with Gasteiger partial charge >= 0.3 is 6.09 Å². The number of aromatic nitrogens is 1. The number of hydrogen-bond donors (Lipinski definition) is 2. The molecule has 0 radical (unpaired) electrons. The lowest BCUT2D eigenvalue weighted by Crippen LogP contribution is -2.47. The second kappa shape index (κ2) is 11.1. The summed E-state index contributed by atoms with van der Waals surface area (Å²) >= 11 is 0. The Morgan fingerprint density at radius 2 is 1.76 bits per heavy atom. The lowest BCUT2D eigenvalue weighted by atomic mass is 10.0.